The first-order chi connectivity index (χ1) is 8.91. The van der Waals surface area contributed by atoms with Crippen molar-refractivity contribution in [2.75, 3.05) is 0 Å². The van der Waals surface area contributed by atoms with Crippen molar-refractivity contribution < 1.29 is 5.11 Å². The molecule has 0 saturated heterocycles. The van der Waals surface area contributed by atoms with E-state index in [0.29, 0.717) is 0 Å². The Morgan fingerprint density at radius 3 is 2.21 bits per heavy atom. The lowest BCUT2D eigenvalue weighted by atomic mass is 9.68. The van der Waals surface area contributed by atoms with Crippen molar-refractivity contribution in [2.24, 2.45) is 0 Å². The SMILES string of the molecule is CC1(C)c2cc(Br)ccc2-c2ccc(Br)cc2C1O. The Bertz CT molecular complexity index is 662. The molecule has 98 valence electrons. The van der Waals surface area contributed by atoms with Gasteiger partial charge in [0.15, 0.2) is 0 Å². The topological polar surface area (TPSA) is 20.2 Å². The van der Waals surface area contributed by atoms with Crippen molar-refractivity contribution in [3.8, 4) is 11.1 Å². The number of aliphatic hydroxyl groups excluding tert-OH is 1. The molecule has 0 spiro atoms. The third-order valence-corrected chi connectivity index (χ3v) is 4.94. The summed E-state index contributed by atoms with van der Waals surface area (Å²) >= 11 is 7.01. The summed E-state index contributed by atoms with van der Waals surface area (Å²) in [4.78, 5) is 0. The van der Waals surface area contributed by atoms with E-state index in [-0.39, 0.29) is 5.41 Å². The standard InChI is InChI=1S/C16H14Br2O/c1-16(2)14-8-10(18)4-6-12(14)11-5-3-9(17)7-13(11)15(16)19/h3-8,15,19H,1-2H3. The molecular weight excluding hydrogens is 368 g/mol. The minimum Gasteiger partial charge on any atom is -0.387 e. The van der Waals surface area contributed by atoms with Crippen LogP contribution in [0.4, 0.5) is 0 Å². The molecule has 1 aliphatic carbocycles. The average Bonchev–Trinajstić information content (AvgIpc) is 2.37. The van der Waals surface area contributed by atoms with Gasteiger partial charge in [-0.3, -0.25) is 0 Å². The molecule has 1 nitrogen and oxygen atoms in total. The molecule has 0 radical (unpaired) electrons. The van der Waals surface area contributed by atoms with Gasteiger partial charge in [0, 0.05) is 14.4 Å². The summed E-state index contributed by atoms with van der Waals surface area (Å²) in [6.07, 6.45) is -0.498. The number of aliphatic hydroxyl groups is 1. The number of benzene rings is 2. The Balaban J connectivity index is 2.37. The Kier molecular flexibility index (Phi) is 3.12. The van der Waals surface area contributed by atoms with Crippen molar-refractivity contribution in [3.05, 3.63) is 56.5 Å². The van der Waals surface area contributed by atoms with Gasteiger partial charge in [0.25, 0.3) is 0 Å². The van der Waals surface area contributed by atoms with E-state index in [4.69, 9.17) is 0 Å². The molecule has 0 heterocycles. The average molecular weight is 382 g/mol. The largest absolute Gasteiger partial charge is 0.387 e. The van der Waals surface area contributed by atoms with Gasteiger partial charge in [-0.1, -0.05) is 57.8 Å². The lowest BCUT2D eigenvalue weighted by Crippen LogP contribution is -2.31. The summed E-state index contributed by atoms with van der Waals surface area (Å²) in [5.41, 5.74) is 4.21. The molecular formula is C16H14Br2O. The molecule has 0 aromatic heterocycles. The lowest BCUT2D eigenvalue weighted by Gasteiger charge is -2.39. The summed E-state index contributed by atoms with van der Waals surface area (Å²) < 4.78 is 2.05. The van der Waals surface area contributed by atoms with Crippen LogP contribution in [-0.2, 0) is 5.41 Å². The number of rotatable bonds is 0. The lowest BCUT2D eigenvalue weighted by molar-refractivity contribution is 0.0985. The van der Waals surface area contributed by atoms with Crippen molar-refractivity contribution >= 4 is 31.9 Å². The molecule has 0 bridgehead atoms. The highest BCUT2D eigenvalue weighted by atomic mass is 79.9. The molecule has 0 fully saturated rings. The maximum Gasteiger partial charge on any atom is 0.0887 e. The van der Waals surface area contributed by atoms with Gasteiger partial charge in [0.05, 0.1) is 6.10 Å². The van der Waals surface area contributed by atoms with Crippen molar-refractivity contribution in [2.45, 2.75) is 25.4 Å². The van der Waals surface area contributed by atoms with Gasteiger partial charge in [-0.05, 0) is 46.5 Å². The van der Waals surface area contributed by atoms with Crippen LogP contribution in [-0.4, -0.2) is 5.11 Å². The number of halogens is 2. The first-order valence-electron chi connectivity index (χ1n) is 6.19. The third-order valence-electron chi connectivity index (χ3n) is 3.96. The van der Waals surface area contributed by atoms with Gasteiger partial charge in [0.1, 0.15) is 0 Å². The summed E-state index contributed by atoms with van der Waals surface area (Å²) in [6.45, 7) is 4.18. The fourth-order valence-electron chi connectivity index (χ4n) is 2.83. The maximum absolute atomic E-state index is 10.7. The number of fused-ring (bicyclic) bond motifs is 3. The highest BCUT2D eigenvalue weighted by Gasteiger charge is 2.38. The zero-order valence-electron chi connectivity index (χ0n) is 10.7. The molecule has 3 rings (SSSR count). The van der Waals surface area contributed by atoms with Gasteiger partial charge >= 0.3 is 0 Å². The second kappa shape index (κ2) is 4.44. The smallest absolute Gasteiger partial charge is 0.0887 e. The zero-order chi connectivity index (χ0) is 13.8. The number of hydrogen-bond acceptors (Lipinski definition) is 1. The van der Waals surface area contributed by atoms with E-state index in [1.54, 1.807) is 0 Å². The molecule has 0 saturated carbocycles. The van der Waals surface area contributed by atoms with E-state index in [1.807, 2.05) is 12.1 Å². The minimum atomic E-state index is -0.498. The quantitative estimate of drug-likeness (QED) is 0.664. The minimum absolute atomic E-state index is 0.299. The highest BCUT2D eigenvalue weighted by molar-refractivity contribution is 9.10. The predicted molar refractivity (Wildman–Crippen MR) is 85.3 cm³/mol. The molecule has 1 aliphatic rings. The van der Waals surface area contributed by atoms with E-state index in [1.165, 1.54) is 11.1 Å². The van der Waals surface area contributed by atoms with E-state index in [9.17, 15) is 5.11 Å². The molecule has 1 atom stereocenters. The second-order valence-electron chi connectivity index (χ2n) is 5.55. The highest BCUT2D eigenvalue weighted by Crippen LogP contribution is 2.50. The fourth-order valence-corrected chi connectivity index (χ4v) is 3.57. The molecule has 1 N–H and O–H groups in total. The van der Waals surface area contributed by atoms with Crippen LogP contribution in [0.15, 0.2) is 45.3 Å². The molecule has 2 aromatic rings. The van der Waals surface area contributed by atoms with Crippen molar-refractivity contribution in [3.63, 3.8) is 0 Å². The van der Waals surface area contributed by atoms with Crippen LogP contribution in [0.3, 0.4) is 0 Å². The molecule has 3 heteroatoms. The van der Waals surface area contributed by atoms with Crippen LogP contribution in [0.25, 0.3) is 11.1 Å². The molecule has 1 unspecified atom stereocenters. The Morgan fingerprint density at radius 1 is 0.947 bits per heavy atom. The fraction of sp³-hybridized carbons (Fsp3) is 0.250. The van der Waals surface area contributed by atoms with Crippen LogP contribution in [0.5, 0.6) is 0 Å². The van der Waals surface area contributed by atoms with Gasteiger partial charge in [-0.2, -0.15) is 0 Å². The molecule has 0 aliphatic heterocycles. The summed E-state index contributed by atoms with van der Waals surface area (Å²) in [5, 5.41) is 10.7. The van der Waals surface area contributed by atoms with E-state index in [0.717, 1.165) is 20.1 Å². The second-order valence-corrected chi connectivity index (χ2v) is 7.38. The first kappa shape index (κ1) is 13.3. The summed E-state index contributed by atoms with van der Waals surface area (Å²) in [6, 6.07) is 12.4. The van der Waals surface area contributed by atoms with Crippen LogP contribution in [0.2, 0.25) is 0 Å². The normalized spacial score (nSPS) is 19.7. The molecule has 0 amide bonds. The van der Waals surface area contributed by atoms with E-state index < -0.39 is 6.10 Å². The molecule has 19 heavy (non-hydrogen) atoms. The van der Waals surface area contributed by atoms with Crippen molar-refractivity contribution in [1.29, 1.82) is 0 Å². The van der Waals surface area contributed by atoms with Gasteiger partial charge in [0.2, 0.25) is 0 Å². The van der Waals surface area contributed by atoms with E-state index >= 15 is 0 Å². The Hall–Kier alpha value is -0.640. The summed E-state index contributed by atoms with van der Waals surface area (Å²) in [7, 11) is 0. The zero-order valence-corrected chi connectivity index (χ0v) is 13.9. The van der Waals surface area contributed by atoms with Crippen LogP contribution in [0.1, 0.15) is 31.1 Å². The van der Waals surface area contributed by atoms with E-state index in [2.05, 4.69) is 70.0 Å². The first-order valence-corrected chi connectivity index (χ1v) is 7.78. The molecule has 2 aromatic carbocycles. The maximum atomic E-state index is 10.7. The van der Waals surface area contributed by atoms with Crippen molar-refractivity contribution in [1.82, 2.24) is 0 Å². The summed E-state index contributed by atoms with van der Waals surface area (Å²) in [5.74, 6) is 0. The van der Waals surface area contributed by atoms with Gasteiger partial charge in [-0.25, -0.2) is 0 Å². The van der Waals surface area contributed by atoms with Gasteiger partial charge < -0.3 is 5.11 Å². The van der Waals surface area contributed by atoms with Gasteiger partial charge in [-0.15, -0.1) is 0 Å². The predicted octanol–water partition coefficient (Wildman–Crippen LogP) is 5.20. The monoisotopic (exact) mass is 380 g/mol. The van der Waals surface area contributed by atoms with Crippen LogP contribution < -0.4 is 0 Å². The Labute approximate surface area is 129 Å². The van der Waals surface area contributed by atoms with Crippen LogP contribution in [0, 0.1) is 0 Å². The third kappa shape index (κ3) is 1.99. The van der Waals surface area contributed by atoms with Crippen LogP contribution >= 0.6 is 31.9 Å². The number of hydrogen-bond donors (Lipinski definition) is 1. The Morgan fingerprint density at radius 2 is 1.53 bits per heavy atom.